The van der Waals surface area contributed by atoms with Gasteiger partial charge in [-0.3, -0.25) is 19.2 Å². The molecule has 0 radical (unpaired) electrons. The average molecular weight is 631 g/mol. The molecule has 1 atom stereocenters. The molecule has 1 heterocycles. The molecule has 1 aliphatic rings. The van der Waals surface area contributed by atoms with Crippen LogP contribution in [-0.4, -0.2) is 28.9 Å². The summed E-state index contributed by atoms with van der Waals surface area (Å²) in [7, 11) is 0. The standard InChI is InChI=1S/C33H25Cl2N3O4S/c1-20-10-12-21(13-11-20)16-27(37-31(40)22-6-3-2-4-7-22)32(41)36-24-8-5-9-25(18-24)43-29-19-30(39)38(33(29)42)28-15-14-23(34)17-26(28)35/h2-18,29H,19H2,1H3,(H,36,41)(H,37,40). The molecule has 1 fully saturated rings. The Bertz CT molecular complexity index is 1740. The van der Waals surface area contributed by atoms with Crippen molar-refractivity contribution >= 4 is 76.0 Å². The summed E-state index contributed by atoms with van der Waals surface area (Å²) in [5.41, 5.74) is 3.01. The molecular weight excluding hydrogens is 605 g/mol. The second kappa shape index (κ2) is 13.3. The number of hydrogen-bond acceptors (Lipinski definition) is 5. The second-order valence-corrected chi connectivity index (χ2v) is 11.9. The monoisotopic (exact) mass is 629 g/mol. The molecule has 0 aliphatic carbocycles. The first-order valence-corrected chi connectivity index (χ1v) is 14.9. The van der Waals surface area contributed by atoms with Gasteiger partial charge in [0.15, 0.2) is 0 Å². The summed E-state index contributed by atoms with van der Waals surface area (Å²) in [6, 6.07) is 27.7. The fourth-order valence-corrected chi connectivity index (χ4v) is 6.00. The van der Waals surface area contributed by atoms with E-state index in [-0.39, 0.29) is 34.6 Å². The number of aryl methyl sites for hydroxylation is 1. The third kappa shape index (κ3) is 7.35. The molecule has 1 aliphatic heterocycles. The highest BCUT2D eigenvalue weighted by atomic mass is 35.5. The fraction of sp³-hybridized carbons (Fsp3) is 0.0909. The zero-order valence-corrected chi connectivity index (χ0v) is 25.2. The van der Waals surface area contributed by atoms with Crippen molar-refractivity contribution in [3.63, 3.8) is 0 Å². The molecule has 7 nitrogen and oxygen atoms in total. The van der Waals surface area contributed by atoms with Gasteiger partial charge in [-0.25, -0.2) is 4.90 Å². The van der Waals surface area contributed by atoms with Crippen molar-refractivity contribution in [2.24, 2.45) is 0 Å². The third-order valence-electron chi connectivity index (χ3n) is 6.54. The van der Waals surface area contributed by atoms with E-state index in [9.17, 15) is 19.2 Å². The fourth-order valence-electron chi connectivity index (χ4n) is 4.39. The van der Waals surface area contributed by atoms with Gasteiger partial charge in [-0.1, -0.05) is 77.3 Å². The molecule has 4 aromatic carbocycles. The Labute approximate surface area is 262 Å². The van der Waals surface area contributed by atoms with Crippen LogP contribution in [0.5, 0.6) is 0 Å². The molecule has 216 valence electrons. The molecule has 0 saturated carbocycles. The summed E-state index contributed by atoms with van der Waals surface area (Å²) in [6.45, 7) is 1.96. The molecule has 0 spiro atoms. The van der Waals surface area contributed by atoms with Crippen LogP contribution in [-0.2, 0) is 14.4 Å². The molecule has 5 rings (SSSR count). The summed E-state index contributed by atoms with van der Waals surface area (Å²) in [5.74, 6) is -1.70. The molecule has 10 heteroatoms. The lowest BCUT2D eigenvalue weighted by molar-refractivity contribution is -0.121. The number of hydrogen-bond donors (Lipinski definition) is 2. The van der Waals surface area contributed by atoms with Gasteiger partial charge >= 0.3 is 0 Å². The summed E-state index contributed by atoms with van der Waals surface area (Å²) in [6.07, 6.45) is 1.60. The van der Waals surface area contributed by atoms with Gasteiger partial charge in [-0.05, 0) is 67.1 Å². The minimum atomic E-state index is -0.674. The van der Waals surface area contributed by atoms with Gasteiger partial charge in [-0.15, -0.1) is 11.8 Å². The van der Waals surface area contributed by atoms with Crippen molar-refractivity contribution < 1.29 is 19.2 Å². The molecule has 1 saturated heterocycles. The number of nitrogens with one attached hydrogen (secondary N) is 2. The molecule has 1 unspecified atom stereocenters. The summed E-state index contributed by atoms with van der Waals surface area (Å²) < 4.78 is 0. The van der Waals surface area contributed by atoms with Gasteiger partial charge in [0.05, 0.1) is 16.0 Å². The lowest BCUT2D eigenvalue weighted by Crippen LogP contribution is -2.31. The molecule has 2 N–H and O–H groups in total. The highest BCUT2D eigenvalue weighted by molar-refractivity contribution is 8.00. The van der Waals surface area contributed by atoms with Crippen LogP contribution in [0.3, 0.4) is 0 Å². The number of amides is 4. The Morgan fingerprint density at radius 3 is 2.37 bits per heavy atom. The van der Waals surface area contributed by atoms with Gasteiger partial charge in [0.2, 0.25) is 11.8 Å². The van der Waals surface area contributed by atoms with Gasteiger partial charge in [0, 0.05) is 27.6 Å². The topological polar surface area (TPSA) is 95.6 Å². The summed E-state index contributed by atoms with van der Waals surface area (Å²) >= 11 is 13.4. The van der Waals surface area contributed by atoms with Gasteiger partial charge in [-0.2, -0.15) is 0 Å². The van der Waals surface area contributed by atoms with Crippen LogP contribution < -0.4 is 15.5 Å². The number of benzene rings is 4. The molecule has 43 heavy (non-hydrogen) atoms. The number of thioether (sulfide) groups is 1. The van der Waals surface area contributed by atoms with E-state index in [1.54, 1.807) is 72.8 Å². The maximum atomic E-state index is 13.4. The second-order valence-electron chi connectivity index (χ2n) is 9.74. The van der Waals surface area contributed by atoms with E-state index in [1.807, 2.05) is 31.2 Å². The minimum absolute atomic E-state index is 0.00596. The van der Waals surface area contributed by atoms with Crippen LogP contribution in [0.1, 0.15) is 27.9 Å². The normalized spacial score (nSPS) is 15.0. The van der Waals surface area contributed by atoms with E-state index in [4.69, 9.17) is 23.2 Å². The smallest absolute Gasteiger partial charge is 0.272 e. The number of halogens is 2. The zero-order valence-electron chi connectivity index (χ0n) is 22.8. The van der Waals surface area contributed by atoms with Crippen molar-refractivity contribution in [3.8, 4) is 0 Å². The van der Waals surface area contributed by atoms with E-state index in [1.165, 1.54) is 17.8 Å². The number of nitrogens with zero attached hydrogens (tertiary/aromatic N) is 1. The van der Waals surface area contributed by atoms with Crippen molar-refractivity contribution in [1.29, 1.82) is 0 Å². The first-order valence-electron chi connectivity index (χ1n) is 13.2. The number of carbonyl (C=O) groups excluding carboxylic acids is 4. The van der Waals surface area contributed by atoms with Crippen LogP contribution in [0.25, 0.3) is 6.08 Å². The Hall–Kier alpha value is -4.37. The van der Waals surface area contributed by atoms with E-state index in [2.05, 4.69) is 10.6 Å². The van der Waals surface area contributed by atoms with Crippen molar-refractivity contribution in [2.45, 2.75) is 23.5 Å². The van der Waals surface area contributed by atoms with Crippen LogP contribution in [0, 0.1) is 6.92 Å². The maximum absolute atomic E-state index is 13.4. The van der Waals surface area contributed by atoms with Crippen molar-refractivity contribution in [3.05, 3.63) is 129 Å². The molecular formula is C33H25Cl2N3O4S. The Morgan fingerprint density at radius 2 is 1.65 bits per heavy atom. The first-order chi connectivity index (χ1) is 20.7. The Kier molecular flexibility index (Phi) is 9.31. The van der Waals surface area contributed by atoms with E-state index in [0.29, 0.717) is 21.2 Å². The molecule has 0 bridgehead atoms. The SMILES string of the molecule is Cc1ccc(C=C(NC(=O)c2ccccc2)C(=O)Nc2cccc(SC3CC(=O)N(c4ccc(Cl)cc4Cl)C3=O)c2)cc1. The molecule has 4 amide bonds. The maximum Gasteiger partial charge on any atom is 0.272 e. The molecule has 4 aromatic rings. The first kappa shape index (κ1) is 30.1. The van der Waals surface area contributed by atoms with E-state index < -0.39 is 17.1 Å². The van der Waals surface area contributed by atoms with Crippen molar-refractivity contribution in [1.82, 2.24) is 5.32 Å². The van der Waals surface area contributed by atoms with E-state index in [0.717, 1.165) is 16.0 Å². The average Bonchev–Trinajstić information content (AvgIpc) is 3.26. The minimum Gasteiger partial charge on any atom is -0.321 e. The Balaban J connectivity index is 1.33. The van der Waals surface area contributed by atoms with Gasteiger partial charge in [0.25, 0.3) is 11.8 Å². The summed E-state index contributed by atoms with van der Waals surface area (Å²) in [5, 5.41) is 5.49. The highest BCUT2D eigenvalue weighted by Gasteiger charge is 2.41. The number of rotatable bonds is 8. The van der Waals surface area contributed by atoms with Gasteiger partial charge in [0.1, 0.15) is 5.70 Å². The van der Waals surface area contributed by atoms with Crippen LogP contribution in [0.2, 0.25) is 10.0 Å². The Morgan fingerprint density at radius 1 is 0.907 bits per heavy atom. The quantitative estimate of drug-likeness (QED) is 0.160. The van der Waals surface area contributed by atoms with Crippen LogP contribution >= 0.6 is 35.0 Å². The van der Waals surface area contributed by atoms with E-state index >= 15 is 0 Å². The van der Waals surface area contributed by atoms with Crippen molar-refractivity contribution in [2.75, 3.05) is 10.2 Å². The van der Waals surface area contributed by atoms with Crippen LogP contribution in [0.15, 0.2) is 108 Å². The highest BCUT2D eigenvalue weighted by Crippen LogP contribution is 2.38. The number of imide groups is 1. The zero-order chi connectivity index (χ0) is 30.5. The number of anilines is 2. The molecule has 0 aromatic heterocycles. The van der Waals surface area contributed by atoms with Crippen LogP contribution in [0.4, 0.5) is 11.4 Å². The summed E-state index contributed by atoms with van der Waals surface area (Å²) in [4.78, 5) is 54.1. The lowest BCUT2D eigenvalue weighted by Gasteiger charge is -2.16. The predicted octanol–water partition coefficient (Wildman–Crippen LogP) is 7.14. The predicted molar refractivity (Wildman–Crippen MR) is 171 cm³/mol. The third-order valence-corrected chi connectivity index (χ3v) is 8.26. The van der Waals surface area contributed by atoms with Gasteiger partial charge < -0.3 is 10.6 Å². The number of carbonyl (C=O) groups is 4. The largest absolute Gasteiger partial charge is 0.321 e. The lowest BCUT2D eigenvalue weighted by atomic mass is 10.1.